The molecule has 37 heavy (non-hydrogen) atoms. The third kappa shape index (κ3) is 3.43. The summed E-state index contributed by atoms with van der Waals surface area (Å²) in [5.74, 6) is -1.57. The molecule has 4 heterocycles. The van der Waals surface area contributed by atoms with Gasteiger partial charge in [-0.1, -0.05) is 6.08 Å². The van der Waals surface area contributed by atoms with Gasteiger partial charge < -0.3 is 10.0 Å². The Hall–Kier alpha value is -4.48. The van der Waals surface area contributed by atoms with Crippen LogP contribution in [0.5, 0.6) is 5.88 Å². The van der Waals surface area contributed by atoms with Crippen molar-refractivity contribution in [2.45, 2.75) is 31.8 Å². The lowest BCUT2D eigenvalue weighted by atomic mass is 9.68. The number of H-pyrrole nitrogens is 1. The maximum Gasteiger partial charge on any atom is 0.332 e. The molecule has 0 unspecified atom stereocenters. The number of allylic oxidation sites excluding steroid dienone is 1. The van der Waals surface area contributed by atoms with Crippen LogP contribution in [-0.4, -0.2) is 75.2 Å². The van der Waals surface area contributed by atoms with E-state index in [1.165, 1.54) is 20.2 Å². The maximum absolute atomic E-state index is 13.5. The molecular formula is C25H26N6O6. The van der Waals surface area contributed by atoms with Crippen molar-refractivity contribution in [3.8, 4) is 5.88 Å². The van der Waals surface area contributed by atoms with E-state index in [9.17, 15) is 29.1 Å². The first-order chi connectivity index (χ1) is 17.6. The summed E-state index contributed by atoms with van der Waals surface area (Å²) in [6.07, 6.45) is 4.11. The monoisotopic (exact) mass is 506 g/mol. The largest absolute Gasteiger partial charge is 0.494 e. The number of aromatic amines is 1. The summed E-state index contributed by atoms with van der Waals surface area (Å²) in [5, 5.41) is 10.4. The fourth-order valence-corrected chi connectivity index (χ4v) is 5.71. The van der Waals surface area contributed by atoms with Crippen molar-refractivity contribution in [3.63, 3.8) is 0 Å². The average molecular weight is 507 g/mol. The summed E-state index contributed by atoms with van der Waals surface area (Å²) >= 11 is 0. The number of imide groups is 2. The van der Waals surface area contributed by atoms with E-state index in [2.05, 4.69) is 21.5 Å². The van der Waals surface area contributed by atoms with Crippen LogP contribution in [0.3, 0.4) is 0 Å². The normalized spacial score (nSPS) is 20.6. The van der Waals surface area contributed by atoms with E-state index in [0.717, 1.165) is 32.7 Å². The highest BCUT2D eigenvalue weighted by Gasteiger charge is 2.63. The molecule has 0 radical (unpaired) electrons. The van der Waals surface area contributed by atoms with E-state index < -0.39 is 40.4 Å². The zero-order valence-corrected chi connectivity index (χ0v) is 20.4. The number of fused-ring (bicyclic) bond motifs is 4. The number of urea groups is 1. The lowest BCUT2D eigenvalue weighted by Gasteiger charge is -2.50. The number of nitrogens with zero attached hydrogens (tertiary/aromatic N) is 5. The molecule has 0 aliphatic carbocycles. The summed E-state index contributed by atoms with van der Waals surface area (Å²) in [6, 6.07) is 4.29. The maximum atomic E-state index is 13.5. The van der Waals surface area contributed by atoms with Gasteiger partial charge in [0.25, 0.3) is 5.56 Å². The SMILES string of the molecule is C=CCn1c(O)c(C=Nc2ccc3c(c2)CC2(C(=O)N(C)C(=O)N(C)C2=O)[C@H]2CCCN32)c(=O)[nH]c1=O. The number of amides is 4. The number of rotatable bonds is 4. The van der Waals surface area contributed by atoms with Crippen LogP contribution in [0.1, 0.15) is 24.0 Å². The lowest BCUT2D eigenvalue weighted by molar-refractivity contribution is -0.159. The van der Waals surface area contributed by atoms with Gasteiger partial charge in [0, 0.05) is 39.1 Å². The van der Waals surface area contributed by atoms with Crippen molar-refractivity contribution < 1.29 is 19.5 Å². The van der Waals surface area contributed by atoms with Gasteiger partial charge in [-0.15, -0.1) is 6.58 Å². The Morgan fingerprint density at radius 2 is 1.86 bits per heavy atom. The second-order valence-corrected chi connectivity index (χ2v) is 9.48. The molecule has 1 aromatic heterocycles. The van der Waals surface area contributed by atoms with Crippen molar-refractivity contribution in [2.24, 2.45) is 10.4 Å². The summed E-state index contributed by atoms with van der Waals surface area (Å²) in [6.45, 7) is 4.19. The molecule has 2 N–H and O–H groups in total. The zero-order valence-electron chi connectivity index (χ0n) is 20.4. The molecule has 3 aliphatic rings. The van der Waals surface area contributed by atoms with Gasteiger partial charge >= 0.3 is 11.7 Å². The highest BCUT2D eigenvalue weighted by Crippen LogP contribution is 2.49. The van der Waals surface area contributed by atoms with E-state index in [1.54, 1.807) is 12.1 Å². The number of hydrogen-bond acceptors (Lipinski definition) is 8. The highest BCUT2D eigenvalue weighted by atomic mass is 16.3. The molecule has 2 saturated heterocycles. The third-order valence-corrected chi connectivity index (χ3v) is 7.47. The number of carbonyl (C=O) groups excluding carboxylic acids is 3. The molecule has 2 aromatic rings. The van der Waals surface area contributed by atoms with Crippen molar-refractivity contribution >= 4 is 35.4 Å². The molecule has 1 spiro atoms. The molecular weight excluding hydrogens is 480 g/mol. The zero-order chi connectivity index (χ0) is 26.6. The van der Waals surface area contributed by atoms with Gasteiger partial charge in [-0.2, -0.15) is 0 Å². The Balaban J connectivity index is 1.57. The standard InChI is InChI=1S/C25H26N6O6/c1-4-9-31-20(33)16(19(32)27-23(31)36)13-26-15-7-8-17-14(11-15)12-25(18-6-5-10-30(17)18)21(34)28(2)24(37)29(3)22(25)35/h4,7-8,11,13,18,33H,1,5-6,9-10,12H2,2-3H3,(H,27,32,36)/t18-/m1/s1. The predicted octanol–water partition coefficient (Wildman–Crippen LogP) is 0.740. The second kappa shape index (κ2) is 8.57. The molecule has 1 aromatic carbocycles. The van der Waals surface area contributed by atoms with Gasteiger partial charge in [0.2, 0.25) is 17.7 Å². The van der Waals surface area contributed by atoms with Crippen LogP contribution < -0.4 is 16.1 Å². The van der Waals surface area contributed by atoms with Crippen molar-refractivity contribution in [3.05, 3.63) is 62.8 Å². The molecule has 0 bridgehead atoms. The number of aromatic hydroxyl groups is 1. The van der Waals surface area contributed by atoms with Crippen molar-refractivity contribution in [1.29, 1.82) is 0 Å². The Bertz CT molecular complexity index is 1480. The number of benzene rings is 1. The van der Waals surface area contributed by atoms with Crippen LogP contribution in [0.15, 0.2) is 45.4 Å². The quantitative estimate of drug-likeness (QED) is 0.353. The van der Waals surface area contributed by atoms with Crippen molar-refractivity contribution in [2.75, 3.05) is 25.5 Å². The second-order valence-electron chi connectivity index (χ2n) is 9.48. The smallest absolute Gasteiger partial charge is 0.332 e. The number of anilines is 1. The number of carbonyl (C=O) groups is 3. The van der Waals surface area contributed by atoms with Crippen LogP contribution in [0.4, 0.5) is 16.2 Å². The Morgan fingerprint density at radius 3 is 2.54 bits per heavy atom. The third-order valence-electron chi connectivity index (χ3n) is 7.47. The predicted molar refractivity (Wildman–Crippen MR) is 134 cm³/mol. The average Bonchev–Trinajstić information content (AvgIpc) is 3.38. The first-order valence-corrected chi connectivity index (χ1v) is 11.8. The van der Waals surface area contributed by atoms with E-state index >= 15 is 0 Å². The minimum Gasteiger partial charge on any atom is -0.494 e. The summed E-state index contributed by atoms with van der Waals surface area (Å²) in [5.41, 5.74) is -1.18. The molecule has 3 aliphatic heterocycles. The first kappa shape index (κ1) is 24.2. The number of barbiturate groups is 1. The molecule has 12 heteroatoms. The summed E-state index contributed by atoms with van der Waals surface area (Å²) in [4.78, 5) is 74.2. The van der Waals surface area contributed by atoms with Gasteiger partial charge in [-0.3, -0.25) is 38.7 Å². The molecule has 192 valence electrons. The van der Waals surface area contributed by atoms with E-state index in [1.807, 2.05) is 6.07 Å². The van der Waals surface area contributed by atoms with Gasteiger partial charge in [0.15, 0.2) is 5.41 Å². The Morgan fingerprint density at radius 1 is 1.16 bits per heavy atom. The van der Waals surface area contributed by atoms with E-state index in [4.69, 9.17) is 0 Å². The van der Waals surface area contributed by atoms with Crippen LogP contribution in [0.25, 0.3) is 0 Å². The summed E-state index contributed by atoms with van der Waals surface area (Å²) < 4.78 is 0.953. The minimum absolute atomic E-state index is 0.00628. The molecule has 1 atom stereocenters. The van der Waals surface area contributed by atoms with Crippen LogP contribution in [-0.2, 0) is 22.6 Å². The van der Waals surface area contributed by atoms with Crippen molar-refractivity contribution in [1.82, 2.24) is 19.4 Å². The summed E-state index contributed by atoms with van der Waals surface area (Å²) in [7, 11) is 2.78. The van der Waals surface area contributed by atoms with Crippen LogP contribution in [0, 0.1) is 5.41 Å². The molecule has 2 fully saturated rings. The Kier molecular flexibility index (Phi) is 5.61. The Labute approximate surface area is 211 Å². The molecule has 12 nitrogen and oxygen atoms in total. The topological polar surface area (TPSA) is 148 Å². The fraction of sp³-hybridized carbons (Fsp3) is 0.360. The number of hydrogen-bond donors (Lipinski definition) is 2. The van der Waals surface area contributed by atoms with Gasteiger partial charge in [-0.25, -0.2) is 9.59 Å². The van der Waals surface area contributed by atoms with E-state index in [-0.39, 0.29) is 24.6 Å². The minimum atomic E-state index is -1.43. The van der Waals surface area contributed by atoms with Crippen LogP contribution >= 0.6 is 0 Å². The number of nitrogens with one attached hydrogen (secondary N) is 1. The molecule has 0 saturated carbocycles. The highest BCUT2D eigenvalue weighted by molar-refractivity contribution is 6.20. The molecule has 5 rings (SSSR count). The van der Waals surface area contributed by atoms with Gasteiger partial charge in [0.1, 0.15) is 5.56 Å². The van der Waals surface area contributed by atoms with Crippen LogP contribution in [0.2, 0.25) is 0 Å². The lowest BCUT2D eigenvalue weighted by Crippen LogP contribution is -2.70. The van der Waals surface area contributed by atoms with E-state index in [0.29, 0.717) is 24.2 Å². The first-order valence-electron chi connectivity index (χ1n) is 11.8. The molecule has 4 amide bonds. The number of aliphatic imine (C=N–C) groups is 1. The fourth-order valence-electron chi connectivity index (χ4n) is 5.71. The number of aromatic nitrogens is 2. The van der Waals surface area contributed by atoms with Gasteiger partial charge in [-0.05, 0) is 43.0 Å². The van der Waals surface area contributed by atoms with Gasteiger partial charge in [0.05, 0.1) is 11.7 Å².